The van der Waals surface area contributed by atoms with Gasteiger partial charge >= 0.3 is 5.97 Å². The van der Waals surface area contributed by atoms with Crippen LogP contribution in [0.5, 0.6) is 0 Å². The highest BCUT2D eigenvalue weighted by Crippen LogP contribution is 2.12. The number of rotatable bonds is 5. The van der Waals surface area contributed by atoms with Gasteiger partial charge in [0.2, 0.25) is 5.91 Å². The van der Waals surface area contributed by atoms with E-state index in [1.54, 1.807) is 18.2 Å². The Bertz CT molecular complexity index is 670. The molecule has 0 unspecified atom stereocenters. The molecule has 0 saturated carbocycles. The van der Waals surface area contributed by atoms with Crippen molar-refractivity contribution < 1.29 is 14.7 Å². The van der Waals surface area contributed by atoms with Crippen LogP contribution in [-0.2, 0) is 17.8 Å². The molecule has 1 amide bonds. The highest BCUT2D eigenvalue weighted by Gasteiger charge is 2.06. The number of nitrogens with one attached hydrogen (secondary N) is 1. The Kier molecular flexibility index (Phi) is 5.11. The van der Waals surface area contributed by atoms with E-state index in [9.17, 15) is 9.59 Å². The van der Waals surface area contributed by atoms with Crippen molar-refractivity contribution in [2.24, 2.45) is 0 Å². The van der Waals surface area contributed by atoms with E-state index < -0.39 is 5.97 Å². The van der Waals surface area contributed by atoms with Gasteiger partial charge in [-0.15, -0.1) is 0 Å². The van der Waals surface area contributed by atoms with E-state index in [0.717, 1.165) is 15.6 Å². The largest absolute Gasteiger partial charge is 0.478 e. The van der Waals surface area contributed by atoms with Crippen LogP contribution in [0.15, 0.2) is 53.0 Å². The molecule has 0 aromatic heterocycles. The van der Waals surface area contributed by atoms with Crippen molar-refractivity contribution in [3.63, 3.8) is 0 Å². The van der Waals surface area contributed by atoms with Crippen molar-refractivity contribution >= 4 is 27.8 Å². The van der Waals surface area contributed by atoms with Crippen LogP contribution >= 0.6 is 15.9 Å². The van der Waals surface area contributed by atoms with E-state index in [1.807, 2.05) is 24.3 Å². The highest BCUT2D eigenvalue weighted by molar-refractivity contribution is 9.10. The Morgan fingerprint density at radius 2 is 1.76 bits per heavy atom. The SMILES string of the molecule is O=C(Cc1cccc(Br)c1)NCc1cccc(C(=O)O)c1. The molecule has 0 saturated heterocycles. The third-order valence-corrected chi connectivity index (χ3v) is 3.41. The van der Waals surface area contributed by atoms with Crippen molar-refractivity contribution in [1.82, 2.24) is 5.32 Å². The van der Waals surface area contributed by atoms with Crippen LogP contribution < -0.4 is 5.32 Å². The summed E-state index contributed by atoms with van der Waals surface area (Å²) in [4.78, 5) is 22.7. The molecular formula is C16H14BrNO3. The Balaban J connectivity index is 1.92. The second-order valence-electron chi connectivity index (χ2n) is 4.59. The maximum Gasteiger partial charge on any atom is 0.335 e. The fourth-order valence-corrected chi connectivity index (χ4v) is 2.36. The van der Waals surface area contributed by atoms with Crippen LogP contribution in [0.3, 0.4) is 0 Å². The quantitative estimate of drug-likeness (QED) is 0.873. The molecule has 2 aromatic carbocycles. The normalized spacial score (nSPS) is 10.1. The molecule has 2 N–H and O–H groups in total. The summed E-state index contributed by atoms with van der Waals surface area (Å²) in [6.07, 6.45) is 0.290. The minimum atomic E-state index is -0.975. The summed E-state index contributed by atoms with van der Waals surface area (Å²) < 4.78 is 0.932. The molecule has 21 heavy (non-hydrogen) atoms. The van der Waals surface area contributed by atoms with Gasteiger partial charge in [0.25, 0.3) is 0 Å². The smallest absolute Gasteiger partial charge is 0.335 e. The van der Waals surface area contributed by atoms with E-state index in [4.69, 9.17) is 5.11 Å². The molecule has 2 rings (SSSR count). The molecule has 0 aliphatic rings. The van der Waals surface area contributed by atoms with Gasteiger partial charge in [-0.1, -0.05) is 40.2 Å². The first-order chi connectivity index (χ1) is 10.0. The summed E-state index contributed by atoms with van der Waals surface area (Å²) in [7, 11) is 0. The summed E-state index contributed by atoms with van der Waals surface area (Å²) in [6.45, 7) is 0.313. The Hall–Kier alpha value is -2.14. The van der Waals surface area contributed by atoms with Crippen LogP contribution in [0, 0.1) is 0 Å². The number of carboxylic acid groups (broad SMARTS) is 1. The Morgan fingerprint density at radius 1 is 1.05 bits per heavy atom. The number of hydrogen-bond acceptors (Lipinski definition) is 2. The van der Waals surface area contributed by atoms with Crippen molar-refractivity contribution in [1.29, 1.82) is 0 Å². The number of carbonyl (C=O) groups is 2. The number of carboxylic acids is 1. The lowest BCUT2D eigenvalue weighted by Gasteiger charge is -2.06. The third-order valence-electron chi connectivity index (χ3n) is 2.92. The molecule has 5 heteroatoms. The van der Waals surface area contributed by atoms with Crippen LogP contribution in [0.1, 0.15) is 21.5 Å². The molecule has 108 valence electrons. The molecule has 0 spiro atoms. The zero-order chi connectivity index (χ0) is 15.2. The number of halogens is 1. The average molecular weight is 348 g/mol. The molecule has 4 nitrogen and oxygen atoms in total. The van der Waals surface area contributed by atoms with Gasteiger partial charge in [0, 0.05) is 11.0 Å². The minimum Gasteiger partial charge on any atom is -0.478 e. The molecule has 0 bridgehead atoms. The summed E-state index contributed by atoms with van der Waals surface area (Å²) in [5.74, 6) is -1.08. The maximum absolute atomic E-state index is 11.9. The molecule has 0 fully saturated rings. The molecule has 0 atom stereocenters. The van der Waals surface area contributed by atoms with E-state index in [2.05, 4.69) is 21.2 Å². The lowest BCUT2D eigenvalue weighted by molar-refractivity contribution is -0.120. The van der Waals surface area contributed by atoms with Gasteiger partial charge in [-0.25, -0.2) is 4.79 Å². The molecule has 0 radical (unpaired) electrons. The first-order valence-corrected chi connectivity index (χ1v) is 7.17. The number of carbonyl (C=O) groups excluding carboxylic acids is 1. The van der Waals surface area contributed by atoms with Gasteiger partial charge in [0.05, 0.1) is 12.0 Å². The average Bonchev–Trinajstić information content (AvgIpc) is 2.45. The number of amides is 1. The topological polar surface area (TPSA) is 66.4 Å². The van der Waals surface area contributed by atoms with Crippen molar-refractivity contribution in [3.8, 4) is 0 Å². The second kappa shape index (κ2) is 7.04. The van der Waals surface area contributed by atoms with Crippen LogP contribution in [0.2, 0.25) is 0 Å². The number of aromatic carboxylic acids is 1. The fourth-order valence-electron chi connectivity index (χ4n) is 1.91. The molecule has 0 heterocycles. The van der Waals surface area contributed by atoms with Crippen molar-refractivity contribution in [2.45, 2.75) is 13.0 Å². The van der Waals surface area contributed by atoms with Gasteiger partial charge < -0.3 is 10.4 Å². The summed E-state index contributed by atoms with van der Waals surface area (Å²) in [6, 6.07) is 14.1. The lowest BCUT2D eigenvalue weighted by atomic mass is 10.1. The molecule has 0 aliphatic carbocycles. The van der Waals surface area contributed by atoms with Gasteiger partial charge in [-0.05, 0) is 35.4 Å². The van der Waals surface area contributed by atoms with Gasteiger partial charge in [-0.2, -0.15) is 0 Å². The molecular weight excluding hydrogens is 334 g/mol. The maximum atomic E-state index is 11.9. The van der Waals surface area contributed by atoms with Crippen molar-refractivity contribution in [3.05, 3.63) is 69.7 Å². The Morgan fingerprint density at radius 3 is 2.48 bits per heavy atom. The summed E-state index contributed by atoms with van der Waals surface area (Å²) in [5.41, 5.74) is 1.90. The summed E-state index contributed by atoms with van der Waals surface area (Å²) in [5, 5.41) is 11.7. The first kappa shape index (κ1) is 15.3. The fraction of sp³-hybridized carbons (Fsp3) is 0.125. The highest BCUT2D eigenvalue weighted by atomic mass is 79.9. The minimum absolute atomic E-state index is 0.103. The van der Waals surface area contributed by atoms with Crippen molar-refractivity contribution in [2.75, 3.05) is 0 Å². The van der Waals surface area contributed by atoms with Gasteiger partial charge in [0.15, 0.2) is 0 Å². The van der Waals surface area contributed by atoms with E-state index in [-0.39, 0.29) is 17.9 Å². The summed E-state index contributed by atoms with van der Waals surface area (Å²) >= 11 is 3.36. The van der Waals surface area contributed by atoms with Gasteiger partial charge in [-0.3, -0.25) is 4.79 Å². The number of benzene rings is 2. The zero-order valence-electron chi connectivity index (χ0n) is 11.2. The zero-order valence-corrected chi connectivity index (χ0v) is 12.8. The monoisotopic (exact) mass is 347 g/mol. The second-order valence-corrected chi connectivity index (χ2v) is 5.50. The number of hydrogen-bond donors (Lipinski definition) is 2. The van der Waals surface area contributed by atoms with E-state index in [1.165, 1.54) is 6.07 Å². The Labute approximate surface area is 130 Å². The lowest BCUT2D eigenvalue weighted by Crippen LogP contribution is -2.24. The molecule has 2 aromatic rings. The van der Waals surface area contributed by atoms with Gasteiger partial charge in [0.1, 0.15) is 0 Å². The van der Waals surface area contributed by atoms with Crippen LogP contribution in [0.4, 0.5) is 0 Å². The van der Waals surface area contributed by atoms with E-state index in [0.29, 0.717) is 6.54 Å². The van der Waals surface area contributed by atoms with E-state index >= 15 is 0 Å². The van der Waals surface area contributed by atoms with Crippen LogP contribution in [-0.4, -0.2) is 17.0 Å². The predicted octanol–water partition coefficient (Wildman–Crippen LogP) is 3.01. The van der Waals surface area contributed by atoms with Crippen LogP contribution in [0.25, 0.3) is 0 Å². The molecule has 0 aliphatic heterocycles. The first-order valence-electron chi connectivity index (χ1n) is 6.38. The standard InChI is InChI=1S/C16H14BrNO3/c17-14-6-2-3-11(8-14)9-15(19)18-10-12-4-1-5-13(7-12)16(20)21/h1-8H,9-10H2,(H,18,19)(H,20,21). The predicted molar refractivity (Wildman–Crippen MR) is 83.1 cm³/mol. The third kappa shape index (κ3) is 4.72.